The molecule has 6 nitrogen and oxygen atoms in total. The zero-order valence-electron chi connectivity index (χ0n) is 16.8. The van der Waals surface area contributed by atoms with Crippen LogP contribution >= 0.6 is 11.3 Å². The number of rotatable bonds is 7. The zero-order valence-corrected chi connectivity index (χ0v) is 17.6. The maximum Gasteiger partial charge on any atom is 0.307 e. The predicted molar refractivity (Wildman–Crippen MR) is 113 cm³/mol. The van der Waals surface area contributed by atoms with E-state index in [-0.39, 0.29) is 18.3 Å². The lowest BCUT2D eigenvalue weighted by Crippen LogP contribution is -2.19. The largest absolute Gasteiger partial charge is 0.494 e. The van der Waals surface area contributed by atoms with Crippen molar-refractivity contribution >= 4 is 33.4 Å². The van der Waals surface area contributed by atoms with Crippen LogP contribution in [0.1, 0.15) is 36.2 Å². The Kier molecular flexibility index (Phi) is 6.82. The molecule has 0 N–H and O–H groups in total. The monoisotopic (exact) mass is 412 g/mol. The number of carbonyl (C=O) groups is 2. The minimum Gasteiger partial charge on any atom is -0.494 e. The molecule has 29 heavy (non-hydrogen) atoms. The Hall–Kier alpha value is -2.93. The molecule has 7 heteroatoms. The van der Waals surface area contributed by atoms with E-state index in [0.717, 1.165) is 21.5 Å². The average Bonchev–Trinajstić information content (AvgIpc) is 3.03. The first kappa shape index (κ1) is 20.8. The van der Waals surface area contributed by atoms with Crippen LogP contribution in [-0.4, -0.2) is 29.7 Å². The number of nitrogens with zero attached hydrogens (tertiary/aromatic N) is 2. The van der Waals surface area contributed by atoms with Crippen molar-refractivity contribution in [3.63, 3.8) is 0 Å². The van der Waals surface area contributed by atoms with Crippen molar-refractivity contribution in [1.82, 2.24) is 4.57 Å². The van der Waals surface area contributed by atoms with Crippen LogP contribution in [-0.2, 0) is 16.1 Å². The van der Waals surface area contributed by atoms with E-state index in [4.69, 9.17) is 9.47 Å². The third-order valence-corrected chi connectivity index (χ3v) is 5.42. The first-order chi connectivity index (χ1) is 14.0. The van der Waals surface area contributed by atoms with Crippen molar-refractivity contribution in [1.29, 1.82) is 0 Å². The molecule has 2 aromatic carbocycles. The molecule has 3 rings (SSSR count). The Labute approximate surface area is 173 Å². The summed E-state index contributed by atoms with van der Waals surface area (Å²) in [5, 5.41) is 0. The lowest BCUT2D eigenvalue weighted by atomic mass is 10.1. The predicted octanol–water partition coefficient (Wildman–Crippen LogP) is 4.10. The lowest BCUT2D eigenvalue weighted by Gasteiger charge is -2.07. The van der Waals surface area contributed by atoms with Gasteiger partial charge in [-0.1, -0.05) is 29.5 Å². The van der Waals surface area contributed by atoms with Gasteiger partial charge in [0.05, 0.1) is 29.9 Å². The maximum atomic E-state index is 12.8. The molecule has 152 valence electrons. The number of aromatic nitrogens is 1. The number of ether oxygens (including phenoxy) is 2. The SMILES string of the molecule is CCOC(=O)CCn1c(=NC(=O)c2ccccc2C)sc2cc(OCC)ccc21. The average molecular weight is 413 g/mol. The Morgan fingerprint density at radius 3 is 2.62 bits per heavy atom. The van der Waals surface area contributed by atoms with Crippen molar-refractivity contribution in [2.24, 2.45) is 4.99 Å². The molecule has 0 bridgehead atoms. The molecule has 0 atom stereocenters. The molecule has 0 unspecified atom stereocenters. The second-order valence-electron chi connectivity index (χ2n) is 6.39. The van der Waals surface area contributed by atoms with E-state index < -0.39 is 0 Å². The van der Waals surface area contributed by atoms with Gasteiger partial charge in [0.2, 0.25) is 0 Å². The molecule has 1 heterocycles. The van der Waals surface area contributed by atoms with Crippen LogP contribution in [0, 0.1) is 6.92 Å². The molecule has 0 aliphatic carbocycles. The molecule has 0 aliphatic rings. The summed E-state index contributed by atoms with van der Waals surface area (Å²) in [4.78, 5) is 29.6. The first-order valence-electron chi connectivity index (χ1n) is 9.60. The summed E-state index contributed by atoms with van der Waals surface area (Å²) in [6.45, 7) is 6.89. The molecule has 3 aromatic rings. The highest BCUT2D eigenvalue weighted by molar-refractivity contribution is 7.16. The van der Waals surface area contributed by atoms with Gasteiger partial charge in [-0.2, -0.15) is 4.99 Å². The Balaban J connectivity index is 2.05. The summed E-state index contributed by atoms with van der Waals surface area (Å²) in [6.07, 6.45) is 0.207. The van der Waals surface area contributed by atoms with Crippen molar-refractivity contribution in [3.05, 3.63) is 58.4 Å². The summed E-state index contributed by atoms with van der Waals surface area (Å²) < 4.78 is 13.5. The fraction of sp³-hybridized carbons (Fsp3) is 0.318. The van der Waals surface area contributed by atoms with E-state index in [1.54, 1.807) is 13.0 Å². The number of hydrogen-bond donors (Lipinski definition) is 0. The first-order valence-corrected chi connectivity index (χ1v) is 10.4. The third-order valence-electron chi connectivity index (χ3n) is 4.38. The Morgan fingerprint density at radius 1 is 1.10 bits per heavy atom. The third kappa shape index (κ3) is 4.92. The highest BCUT2D eigenvalue weighted by Gasteiger charge is 2.13. The number of carbonyl (C=O) groups excluding carboxylic acids is 2. The topological polar surface area (TPSA) is 69.9 Å². The van der Waals surface area contributed by atoms with Gasteiger partial charge in [0.1, 0.15) is 5.75 Å². The van der Waals surface area contributed by atoms with Gasteiger partial charge in [-0.25, -0.2) is 0 Å². The van der Waals surface area contributed by atoms with Crippen molar-refractivity contribution in [2.75, 3.05) is 13.2 Å². The molecular formula is C22H24N2O4S. The van der Waals surface area contributed by atoms with Crippen LogP contribution in [0.5, 0.6) is 5.75 Å². The summed E-state index contributed by atoms with van der Waals surface area (Å²) in [6, 6.07) is 13.1. The number of hydrogen-bond acceptors (Lipinski definition) is 5. The van der Waals surface area contributed by atoms with Gasteiger partial charge >= 0.3 is 5.97 Å². The zero-order chi connectivity index (χ0) is 20.8. The maximum absolute atomic E-state index is 12.8. The molecule has 0 saturated carbocycles. The molecular weight excluding hydrogens is 388 g/mol. The summed E-state index contributed by atoms with van der Waals surface area (Å²) >= 11 is 1.40. The van der Waals surface area contributed by atoms with Crippen LogP contribution in [0.2, 0.25) is 0 Å². The van der Waals surface area contributed by atoms with E-state index in [2.05, 4.69) is 4.99 Å². The van der Waals surface area contributed by atoms with Gasteiger partial charge in [0.15, 0.2) is 4.80 Å². The molecule has 1 aromatic heterocycles. The molecule has 0 radical (unpaired) electrons. The highest BCUT2D eigenvalue weighted by Crippen LogP contribution is 2.24. The summed E-state index contributed by atoms with van der Waals surface area (Å²) in [7, 11) is 0. The molecule has 1 amide bonds. The second kappa shape index (κ2) is 9.52. The van der Waals surface area contributed by atoms with E-state index in [1.165, 1.54) is 11.3 Å². The van der Waals surface area contributed by atoms with Crippen molar-refractivity contribution < 1.29 is 19.1 Å². The fourth-order valence-electron chi connectivity index (χ4n) is 3.01. The van der Waals surface area contributed by atoms with Crippen LogP contribution in [0.3, 0.4) is 0 Å². The van der Waals surface area contributed by atoms with E-state index in [9.17, 15) is 9.59 Å². The van der Waals surface area contributed by atoms with E-state index in [1.807, 2.05) is 54.8 Å². The number of benzene rings is 2. The number of amides is 1. The second-order valence-corrected chi connectivity index (χ2v) is 7.39. The fourth-order valence-corrected chi connectivity index (χ4v) is 4.09. The molecule has 0 fully saturated rings. The number of esters is 1. The summed E-state index contributed by atoms with van der Waals surface area (Å²) in [5.74, 6) is 0.182. The minimum atomic E-state index is -0.301. The van der Waals surface area contributed by atoms with Crippen molar-refractivity contribution in [3.8, 4) is 5.75 Å². The van der Waals surface area contributed by atoms with Gasteiger partial charge in [0.25, 0.3) is 5.91 Å². The van der Waals surface area contributed by atoms with Gasteiger partial charge in [-0.3, -0.25) is 9.59 Å². The number of aryl methyl sites for hydroxylation is 2. The number of fused-ring (bicyclic) bond motifs is 1. The van der Waals surface area contributed by atoms with Crippen LogP contribution in [0.25, 0.3) is 10.2 Å². The Morgan fingerprint density at radius 2 is 1.90 bits per heavy atom. The minimum absolute atomic E-state index is 0.207. The van der Waals surface area contributed by atoms with Crippen LogP contribution < -0.4 is 9.54 Å². The molecule has 0 aliphatic heterocycles. The number of thiazole rings is 1. The molecule has 0 spiro atoms. The van der Waals surface area contributed by atoms with Gasteiger partial charge in [0, 0.05) is 12.1 Å². The highest BCUT2D eigenvalue weighted by atomic mass is 32.1. The standard InChI is InChI=1S/C22H24N2O4S/c1-4-27-16-10-11-18-19(14-16)29-22(24(18)13-12-20(25)28-5-2)23-21(26)17-9-7-6-8-15(17)3/h6-11,14H,4-5,12-13H2,1-3H3. The van der Waals surface area contributed by atoms with E-state index in [0.29, 0.717) is 30.1 Å². The van der Waals surface area contributed by atoms with Crippen LogP contribution in [0.4, 0.5) is 0 Å². The normalized spacial score (nSPS) is 11.6. The summed E-state index contributed by atoms with van der Waals surface area (Å²) in [5.41, 5.74) is 2.34. The quantitative estimate of drug-likeness (QED) is 0.548. The Bertz CT molecular complexity index is 1100. The lowest BCUT2D eigenvalue weighted by molar-refractivity contribution is -0.143. The molecule has 0 saturated heterocycles. The van der Waals surface area contributed by atoms with E-state index >= 15 is 0 Å². The smallest absolute Gasteiger partial charge is 0.307 e. The van der Waals surface area contributed by atoms with Gasteiger partial charge in [-0.15, -0.1) is 0 Å². The van der Waals surface area contributed by atoms with Gasteiger partial charge in [-0.05, 0) is 50.6 Å². The van der Waals surface area contributed by atoms with Gasteiger partial charge < -0.3 is 14.0 Å². The van der Waals surface area contributed by atoms with Crippen molar-refractivity contribution in [2.45, 2.75) is 33.7 Å². The van der Waals surface area contributed by atoms with Crippen LogP contribution in [0.15, 0.2) is 47.5 Å².